The molecule has 1 aromatic carbocycles. The van der Waals surface area contributed by atoms with Crippen LogP contribution in [-0.2, 0) is 6.54 Å². The van der Waals surface area contributed by atoms with Crippen molar-refractivity contribution >= 4 is 5.91 Å². The molecule has 0 unspecified atom stereocenters. The van der Waals surface area contributed by atoms with Crippen molar-refractivity contribution in [3.05, 3.63) is 72.0 Å². The van der Waals surface area contributed by atoms with Crippen LogP contribution in [0.5, 0.6) is 0 Å². The zero-order valence-corrected chi connectivity index (χ0v) is 14.8. The number of nitrogens with zero attached hydrogens (tertiary/aromatic N) is 4. The number of oxazole rings is 1. The quantitative estimate of drug-likeness (QED) is 0.724. The summed E-state index contributed by atoms with van der Waals surface area (Å²) >= 11 is 0. The molecular weight excluding hydrogens is 328 g/mol. The lowest BCUT2D eigenvalue weighted by atomic mass is 9.96. The van der Waals surface area contributed by atoms with Crippen LogP contribution < -0.4 is 0 Å². The van der Waals surface area contributed by atoms with E-state index in [2.05, 4.69) is 26.7 Å². The molecule has 0 N–H and O–H groups in total. The Morgan fingerprint density at radius 1 is 1.27 bits per heavy atom. The molecule has 0 spiro atoms. The monoisotopic (exact) mass is 350 g/mol. The molecule has 1 fully saturated rings. The van der Waals surface area contributed by atoms with Gasteiger partial charge in [-0.1, -0.05) is 30.3 Å². The highest BCUT2D eigenvalue weighted by atomic mass is 16.3. The maximum absolute atomic E-state index is 12.7. The van der Waals surface area contributed by atoms with Crippen LogP contribution in [0.2, 0.25) is 0 Å². The number of hydrogen-bond acceptors (Lipinski definition) is 4. The van der Waals surface area contributed by atoms with E-state index in [0.29, 0.717) is 18.0 Å². The summed E-state index contributed by atoms with van der Waals surface area (Å²) in [5.41, 5.74) is 1.66. The van der Waals surface area contributed by atoms with E-state index < -0.39 is 0 Å². The number of carbonyl (C=O) groups is 1. The van der Waals surface area contributed by atoms with Gasteiger partial charge >= 0.3 is 0 Å². The van der Waals surface area contributed by atoms with Crippen molar-refractivity contribution in [3.63, 3.8) is 0 Å². The molecule has 0 aliphatic carbocycles. The van der Waals surface area contributed by atoms with Crippen molar-refractivity contribution in [1.29, 1.82) is 0 Å². The van der Waals surface area contributed by atoms with Gasteiger partial charge in [-0.2, -0.15) is 0 Å². The minimum Gasteiger partial charge on any atom is -0.448 e. The van der Waals surface area contributed by atoms with Crippen molar-refractivity contribution < 1.29 is 9.21 Å². The Morgan fingerprint density at radius 2 is 2.12 bits per heavy atom. The van der Waals surface area contributed by atoms with Crippen molar-refractivity contribution in [2.75, 3.05) is 13.1 Å². The first-order valence-corrected chi connectivity index (χ1v) is 8.96. The van der Waals surface area contributed by atoms with E-state index in [1.54, 1.807) is 6.92 Å². The van der Waals surface area contributed by atoms with Gasteiger partial charge in [-0.05, 0) is 25.3 Å². The van der Waals surface area contributed by atoms with Gasteiger partial charge < -0.3 is 13.9 Å². The molecule has 1 amide bonds. The molecule has 0 radical (unpaired) electrons. The number of piperidine rings is 1. The first-order chi connectivity index (χ1) is 12.7. The zero-order chi connectivity index (χ0) is 17.9. The molecule has 134 valence electrons. The number of aromatic nitrogens is 3. The average molecular weight is 350 g/mol. The Labute approximate surface area is 152 Å². The maximum Gasteiger partial charge on any atom is 0.276 e. The topological polar surface area (TPSA) is 64.2 Å². The maximum atomic E-state index is 12.7. The number of carbonyl (C=O) groups excluding carboxylic acids is 1. The Kier molecular flexibility index (Phi) is 4.56. The van der Waals surface area contributed by atoms with Crippen molar-refractivity contribution in [2.24, 2.45) is 0 Å². The summed E-state index contributed by atoms with van der Waals surface area (Å²) in [6.07, 6.45) is 7.20. The fourth-order valence-corrected chi connectivity index (χ4v) is 3.63. The van der Waals surface area contributed by atoms with Gasteiger partial charge in [-0.3, -0.25) is 4.79 Å². The van der Waals surface area contributed by atoms with E-state index in [1.807, 2.05) is 35.5 Å². The third-order valence-corrected chi connectivity index (χ3v) is 4.96. The van der Waals surface area contributed by atoms with Gasteiger partial charge in [0, 0.05) is 37.9 Å². The third kappa shape index (κ3) is 3.27. The van der Waals surface area contributed by atoms with Crippen LogP contribution in [0.15, 0.2) is 53.5 Å². The highest BCUT2D eigenvalue weighted by Crippen LogP contribution is 2.27. The van der Waals surface area contributed by atoms with Gasteiger partial charge in [-0.15, -0.1) is 0 Å². The smallest absolute Gasteiger partial charge is 0.276 e. The van der Waals surface area contributed by atoms with Gasteiger partial charge in [0.2, 0.25) is 0 Å². The minimum absolute atomic E-state index is 0.0536. The Hall–Kier alpha value is -2.89. The van der Waals surface area contributed by atoms with Gasteiger partial charge in [0.15, 0.2) is 12.1 Å². The molecule has 1 saturated heterocycles. The number of aryl methyl sites for hydroxylation is 1. The first-order valence-electron chi connectivity index (χ1n) is 8.96. The van der Waals surface area contributed by atoms with E-state index in [-0.39, 0.29) is 11.8 Å². The average Bonchev–Trinajstić information content (AvgIpc) is 3.31. The van der Waals surface area contributed by atoms with Gasteiger partial charge in [-0.25, -0.2) is 9.97 Å². The molecule has 3 heterocycles. The molecule has 1 aliphatic rings. The summed E-state index contributed by atoms with van der Waals surface area (Å²) in [5, 5.41) is 0. The standard InChI is InChI=1S/C20H22N4O2/c1-15-18(22-14-26-15)20(25)24-10-5-8-17(13-24)19-21-9-11-23(19)12-16-6-3-2-4-7-16/h2-4,6-7,9,11,14,17H,5,8,10,12-13H2,1H3/t17-/m0/s1. The molecule has 1 aliphatic heterocycles. The summed E-state index contributed by atoms with van der Waals surface area (Å²) in [5.74, 6) is 1.80. The minimum atomic E-state index is -0.0536. The van der Waals surface area contributed by atoms with E-state index in [0.717, 1.165) is 31.8 Å². The van der Waals surface area contributed by atoms with Crippen LogP contribution in [0.4, 0.5) is 0 Å². The SMILES string of the molecule is Cc1ocnc1C(=O)N1CCC[C@H](c2nccn2Cc2ccccc2)C1. The van der Waals surface area contributed by atoms with Crippen LogP contribution in [-0.4, -0.2) is 38.4 Å². The van der Waals surface area contributed by atoms with E-state index in [9.17, 15) is 4.79 Å². The van der Waals surface area contributed by atoms with Crippen LogP contribution in [0, 0.1) is 6.92 Å². The van der Waals surface area contributed by atoms with Crippen LogP contribution in [0.25, 0.3) is 0 Å². The number of benzene rings is 1. The van der Waals surface area contributed by atoms with Crippen LogP contribution in [0.3, 0.4) is 0 Å². The Bertz CT molecular complexity index is 884. The number of likely N-dealkylation sites (tertiary alicyclic amines) is 1. The molecule has 2 aromatic heterocycles. The molecule has 6 nitrogen and oxygen atoms in total. The van der Waals surface area contributed by atoms with Crippen molar-refractivity contribution in [2.45, 2.75) is 32.2 Å². The second-order valence-corrected chi connectivity index (χ2v) is 6.75. The molecule has 26 heavy (non-hydrogen) atoms. The predicted octanol–water partition coefficient (Wildman–Crippen LogP) is 3.25. The van der Waals surface area contributed by atoms with Crippen LogP contribution in [0.1, 0.15) is 46.4 Å². The molecule has 6 heteroatoms. The predicted molar refractivity (Wildman–Crippen MR) is 96.9 cm³/mol. The van der Waals surface area contributed by atoms with Crippen LogP contribution >= 0.6 is 0 Å². The second kappa shape index (κ2) is 7.15. The lowest BCUT2D eigenvalue weighted by Gasteiger charge is -2.32. The fourth-order valence-electron chi connectivity index (χ4n) is 3.63. The highest BCUT2D eigenvalue weighted by Gasteiger charge is 2.29. The number of rotatable bonds is 4. The summed E-state index contributed by atoms with van der Waals surface area (Å²) < 4.78 is 7.38. The Morgan fingerprint density at radius 3 is 2.88 bits per heavy atom. The molecule has 4 rings (SSSR count). The largest absolute Gasteiger partial charge is 0.448 e. The lowest BCUT2D eigenvalue weighted by Crippen LogP contribution is -2.40. The third-order valence-electron chi connectivity index (χ3n) is 4.96. The number of amides is 1. The summed E-state index contributed by atoms with van der Waals surface area (Å²) in [7, 11) is 0. The van der Waals surface area contributed by atoms with Gasteiger partial charge in [0.25, 0.3) is 5.91 Å². The molecule has 3 aromatic rings. The lowest BCUT2D eigenvalue weighted by molar-refractivity contribution is 0.0696. The van der Waals surface area contributed by atoms with E-state index in [1.165, 1.54) is 12.0 Å². The van der Waals surface area contributed by atoms with E-state index >= 15 is 0 Å². The fraction of sp³-hybridized carbons (Fsp3) is 0.350. The normalized spacial score (nSPS) is 17.4. The van der Waals surface area contributed by atoms with Crippen molar-refractivity contribution in [3.8, 4) is 0 Å². The Balaban J connectivity index is 1.51. The summed E-state index contributed by atoms with van der Waals surface area (Å²) in [6.45, 7) is 3.98. The van der Waals surface area contributed by atoms with Gasteiger partial charge in [0.05, 0.1) is 0 Å². The first kappa shape index (κ1) is 16.6. The molecule has 0 bridgehead atoms. The molecule has 1 atom stereocenters. The molecular formula is C20H22N4O2. The van der Waals surface area contributed by atoms with Crippen molar-refractivity contribution in [1.82, 2.24) is 19.4 Å². The summed E-state index contributed by atoms with van der Waals surface area (Å²) in [4.78, 5) is 23.3. The second-order valence-electron chi connectivity index (χ2n) is 6.75. The number of hydrogen-bond donors (Lipinski definition) is 0. The zero-order valence-electron chi connectivity index (χ0n) is 14.8. The van der Waals surface area contributed by atoms with Gasteiger partial charge in [0.1, 0.15) is 11.6 Å². The number of imidazole rings is 1. The molecule has 0 saturated carbocycles. The summed E-state index contributed by atoms with van der Waals surface area (Å²) in [6, 6.07) is 10.4. The highest BCUT2D eigenvalue weighted by molar-refractivity contribution is 5.93. The van der Waals surface area contributed by atoms with E-state index in [4.69, 9.17) is 4.42 Å².